The first-order valence-corrected chi connectivity index (χ1v) is 9.87. The molecule has 1 saturated heterocycles. The van der Waals surface area contributed by atoms with Crippen molar-refractivity contribution >= 4 is 28.6 Å². The molecule has 1 aliphatic heterocycles. The zero-order valence-corrected chi connectivity index (χ0v) is 17.5. The van der Waals surface area contributed by atoms with Crippen LogP contribution in [0.1, 0.15) is 31.2 Å². The summed E-state index contributed by atoms with van der Waals surface area (Å²) < 4.78 is 10.5. The van der Waals surface area contributed by atoms with Gasteiger partial charge in [0, 0.05) is 0 Å². The molecule has 0 saturated carbocycles. The Labute approximate surface area is 179 Å². The molecule has 3 aromatic rings. The highest BCUT2D eigenvalue weighted by Crippen LogP contribution is 2.32. The van der Waals surface area contributed by atoms with Gasteiger partial charge in [-0.25, -0.2) is 4.79 Å². The number of ether oxygens (including phenoxy) is 1. The van der Waals surface area contributed by atoms with Gasteiger partial charge < -0.3 is 19.8 Å². The average molecular weight is 421 g/mol. The van der Waals surface area contributed by atoms with Crippen LogP contribution >= 0.6 is 0 Å². The molecule has 2 N–H and O–H groups in total. The van der Waals surface area contributed by atoms with Crippen LogP contribution in [0.4, 0.5) is 4.79 Å². The molecule has 1 fully saturated rings. The highest BCUT2D eigenvalue weighted by molar-refractivity contribution is 6.09. The third kappa shape index (κ3) is 3.72. The number of hydrogen-bond donors (Lipinski definition) is 2. The molecule has 0 aliphatic carbocycles. The van der Waals surface area contributed by atoms with Crippen molar-refractivity contribution in [3.8, 4) is 5.75 Å². The minimum atomic E-state index is -1.27. The van der Waals surface area contributed by atoms with Gasteiger partial charge in [0.2, 0.25) is 5.91 Å². The molecule has 4 amide bonds. The summed E-state index contributed by atoms with van der Waals surface area (Å²) in [7, 11) is 1.60. The first kappa shape index (κ1) is 20.5. The smallest absolute Gasteiger partial charge is 0.325 e. The number of amides is 4. The molecule has 160 valence electrons. The first-order chi connectivity index (χ1) is 14.8. The quantitative estimate of drug-likeness (QED) is 0.596. The van der Waals surface area contributed by atoms with Gasteiger partial charge in [0.1, 0.15) is 23.6 Å². The summed E-state index contributed by atoms with van der Waals surface area (Å²) >= 11 is 0. The zero-order valence-electron chi connectivity index (χ0n) is 17.5. The number of carbonyl (C=O) groups excluding carboxylic acids is 3. The summed E-state index contributed by atoms with van der Waals surface area (Å²) in [6.45, 7) is 3.02. The van der Waals surface area contributed by atoms with Crippen LogP contribution in [0.2, 0.25) is 0 Å². The summed E-state index contributed by atoms with van der Waals surface area (Å²) in [6, 6.07) is 13.6. The minimum absolute atomic E-state index is 0.379. The second-order valence-corrected chi connectivity index (χ2v) is 7.68. The van der Waals surface area contributed by atoms with Gasteiger partial charge in [0.25, 0.3) is 5.91 Å². The SMILES string of the molecule is COc1ccc2cc([C@@]3(C)NC(=O)N(CC(=O)N[C@@H](C)c4ccco4)C3=O)ccc2c1. The third-order valence-electron chi connectivity index (χ3n) is 5.55. The average Bonchev–Trinajstić information content (AvgIpc) is 3.37. The lowest BCUT2D eigenvalue weighted by atomic mass is 9.90. The number of nitrogens with zero attached hydrogens (tertiary/aromatic N) is 1. The Kier molecular flexibility index (Phi) is 5.14. The molecule has 31 heavy (non-hydrogen) atoms. The van der Waals surface area contributed by atoms with Crippen molar-refractivity contribution in [2.24, 2.45) is 0 Å². The maximum absolute atomic E-state index is 13.1. The van der Waals surface area contributed by atoms with Crippen molar-refractivity contribution in [1.29, 1.82) is 0 Å². The van der Waals surface area contributed by atoms with Gasteiger partial charge >= 0.3 is 6.03 Å². The standard InChI is InChI=1S/C23H23N3O5/c1-14(19-5-4-10-31-19)24-20(27)13-26-21(28)23(2,25-22(26)29)17-8-6-16-12-18(30-3)9-7-15(16)11-17/h4-12,14H,13H2,1-3H3,(H,24,27)(H,25,29)/t14-,23+/m0/s1. The molecule has 8 nitrogen and oxygen atoms in total. The van der Waals surface area contributed by atoms with Crippen molar-refractivity contribution in [3.05, 3.63) is 66.1 Å². The topological polar surface area (TPSA) is 101 Å². The van der Waals surface area contributed by atoms with Gasteiger partial charge in [-0.3, -0.25) is 14.5 Å². The van der Waals surface area contributed by atoms with Crippen LogP contribution in [0.25, 0.3) is 10.8 Å². The van der Waals surface area contributed by atoms with Crippen molar-refractivity contribution in [1.82, 2.24) is 15.5 Å². The van der Waals surface area contributed by atoms with Gasteiger partial charge in [-0.05, 0) is 60.5 Å². The monoisotopic (exact) mass is 421 g/mol. The largest absolute Gasteiger partial charge is 0.497 e. The number of furan rings is 1. The van der Waals surface area contributed by atoms with E-state index in [-0.39, 0.29) is 12.6 Å². The molecule has 0 bridgehead atoms. The van der Waals surface area contributed by atoms with Gasteiger partial charge in [0.05, 0.1) is 19.4 Å². The van der Waals surface area contributed by atoms with Crippen LogP contribution in [-0.2, 0) is 15.1 Å². The fourth-order valence-electron chi connectivity index (χ4n) is 3.74. The number of rotatable bonds is 6. The van der Waals surface area contributed by atoms with Crippen molar-refractivity contribution < 1.29 is 23.5 Å². The normalized spacial score (nSPS) is 19.4. The summed E-state index contributed by atoms with van der Waals surface area (Å²) in [6.07, 6.45) is 1.51. The van der Waals surface area contributed by atoms with E-state index in [1.807, 2.05) is 30.3 Å². The maximum atomic E-state index is 13.1. The lowest BCUT2D eigenvalue weighted by molar-refractivity contribution is -0.135. The van der Waals surface area contributed by atoms with E-state index in [2.05, 4.69) is 10.6 Å². The van der Waals surface area contributed by atoms with Gasteiger partial charge in [0.15, 0.2) is 0 Å². The number of urea groups is 1. The van der Waals surface area contributed by atoms with E-state index in [1.54, 1.807) is 39.2 Å². The molecule has 0 spiro atoms. The molecular weight excluding hydrogens is 398 g/mol. The number of imide groups is 1. The number of methoxy groups -OCH3 is 1. The Morgan fingerprint density at radius 2 is 1.94 bits per heavy atom. The van der Waals surface area contributed by atoms with Crippen molar-refractivity contribution in [2.45, 2.75) is 25.4 Å². The van der Waals surface area contributed by atoms with Gasteiger partial charge in [-0.2, -0.15) is 0 Å². The van der Waals surface area contributed by atoms with E-state index in [1.165, 1.54) is 6.26 Å². The van der Waals surface area contributed by atoms with E-state index in [4.69, 9.17) is 9.15 Å². The van der Waals surface area contributed by atoms with Crippen LogP contribution in [0.3, 0.4) is 0 Å². The summed E-state index contributed by atoms with van der Waals surface area (Å²) in [5, 5.41) is 7.33. The molecule has 0 radical (unpaired) electrons. The Morgan fingerprint density at radius 3 is 2.65 bits per heavy atom. The molecule has 2 aromatic carbocycles. The molecule has 2 atom stereocenters. The second-order valence-electron chi connectivity index (χ2n) is 7.68. The minimum Gasteiger partial charge on any atom is -0.497 e. The van der Waals surface area contributed by atoms with Crippen molar-refractivity contribution in [2.75, 3.05) is 13.7 Å². The highest BCUT2D eigenvalue weighted by atomic mass is 16.5. The van der Waals surface area contributed by atoms with Crippen molar-refractivity contribution in [3.63, 3.8) is 0 Å². The predicted molar refractivity (Wildman–Crippen MR) is 113 cm³/mol. The number of benzene rings is 2. The molecule has 1 aliphatic rings. The van der Waals surface area contributed by atoms with Crippen LogP contribution in [-0.4, -0.2) is 36.4 Å². The molecule has 4 rings (SSSR count). The molecular formula is C23H23N3O5. The van der Waals surface area contributed by atoms with Gasteiger partial charge in [-0.1, -0.05) is 18.2 Å². The van der Waals surface area contributed by atoms with Crippen LogP contribution in [0.5, 0.6) is 5.75 Å². The predicted octanol–water partition coefficient (Wildman–Crippen LogP) is 3.09. The fourth-order valence-corrected chi connectivity index (χ4v) is 3.74. The van der Waals surface area contributed by atoms with E-state index < -0.39 is 23.4 Å². The molecule has 0 unspecified atom stereocenters. The number of fused-ring (bicyclic) bond motifs is 1. The number of nitrogens with one attached hydrogen (secondary N) is 2. The van der Waals surface area contributed by atoms with E-state index in [0.29, 0.717) is 11.3 Å². The summed E-state index contributed by atoms with van der Waals surface area (Å²) in [5.41, 5.74) is -0.631. The lowest BCUT2D eigenvalue weighted by Gasteiger charge is -2.23. The van der Waals surface area contributed by atoms with E-state index in [9.17, 15) is 14.4 Å². The van der Waals surface area contributed by atoms with Crippen LogP contribution in [0, 0.1) is 0 Å². The molecule has 8 heteroatoms. The highest BCUT2D eigenvalue weighted by Gasteiger charge is 2.49. The van der Waals surface area contributed by atoms with Crippen LogP contribution in [0.15, 0.2) is 59.2 Å². The summed E-state index contributed by atoms with van der Waals surface area (Å²) in [4.78, 5) is 39.1. The zero-order chi connectivity index (χ0) is 22.2. The van der Waals surface area contributed by atoms with E-state index >= 15 is 0 Å². The van der Waals surface area contributed by atoms with E-state index in [0.717, 1.165) is 21.4 Å². The summed E-state index contributed by atoms with van der Waals surface area (Å²) in [5.74, 6) is 0.384. The second kappa shape index (κ2) is 7.79. The maximum Gasteiger partial charge on any atom is 0.325 e. The fraction of sp³-hybridized carbons (Fsp3) is 0.261. The first-order valence-electron chi connectivity index (χ1n) is 9.87. The Morgan fingerprint density at radius 1 is 1.19 bits per heavy atom. The molecule has 1 aromatic heterocycles. The van der Waals surface area contributed by atoms with Gasteiger partial charge in [-0.15, -0.1) is 0 Å². The third-order valence-corrected chi connectivity index (χ3v) is 5.55. The Balaban J connectivity index is 1.52. The number of carbonyl (C=O) groups is 3. The Bertz CT molecular complexity index is 1160. The number of hydrogen-bond acceptors (Lipinski definition) is 5. The molecule has 2 heterocycles. The Hall–Kier alpha value is -3.81. The van der Waals surface area contributed by atoms with Crippen LogP contribution < -0.4 is 15.4 Å². The lowest BCUT2D eigenvalue weighted by Crippen LogP contribution is -2.43.